The van der Waals surface area contributed by atoms with Crippen molar-refractivity contribution in [1.82, 2.24) is 0 Å². The molecule has 0 unspecified atom stereocenters. The summed E-state index contributed by atoms with van der Waals surface area (Å²) >= 11 is 0. The Kier molecular flexibility index (Phi) is 7.39. The number of nitrogens with zero attached hydrogens (tertiary/aromatic N) is 1. The van der Waals surface area contributed by atoms with Crippen LogP contribution < -0.4 is 4.90 Å². The molecule has 4 aliphatic carbocycles. The fraction of sp³-hybridized carbons (Fsp3) is 0.0909. The Hall–Kier alpha value is -8.20. The van der Waals surface area contributed by atoms with E-state index in [0.717, 1.165) is 39.0 Å². The van der Waals surface area contributed by atoms with Gasteiger partial charge in [0.05, 0.1) is 5.41 Å². The summed E-state index contributed by atoms with van der Waals surface area (Å²) in [4.78, 5) is 2.47. The second-order valence-corrected chi connectivity index (χ2v) is 20.0. The molecular weight excluding hydrogens is 823 g/mol. The Bertz CT molecular complexity index is 3880. The van der Waals surface area contributed by atoms with Gasteiger partial charge in [-0.05, 0) is 132 Å². The van der Waals surface area contributed by atoms with Gasteiger partial charge in [0.15, 0.2) is 0 Å². The van der Waals surface area contributed by atoms with E-state index < -0.39 is 5.41 Å². The molecule has 1 aromatic heterocycles. The topological polar surface area (TPSA) is 16.4 Å². The fourth-order valence-electron chi connectivity index (χ4n) is 13.6. The van der Waals surface area contributed by atoms with Gasteiger partial charge in [-0.3, -0.25) is 0 Å². The summed E-state index contributed by atoms with van der Waals surface area (Å²) in [7, 11) is 0. The molecule has 4 aliphatic rings. The van der Waals surface area contributed by atoms with Crippen molar-refractivity contribution in [3.63, 3.8) is 0 Å². The van der Waals surface area contributed by atoms with Crippen molar-refractivity contribution in [3.8, 4) is 44.5 Å². The lowest BCUT2D eigenvalue weighted by molar-refractivity contribution is 0.638. The third-order valence-electron chi connectivity index (χ3n) is 16.6. The SMILES string of the molecule is CC1(C)c2ccccc2-c2ccc(N(c3ccc4c(c3)C3(c5ccccc5-c5ccccc53)c3ccccc3-4)c3ccc4c(c3)oc3c(C5(C)c6ccccc6-c6ccccc65)cccc34)cc21. The molecule has 15 rings (SSSR count). The number of rotatable bonds is 4. The summed E-state index contributed by atoms with van der Waals surface area (Å²) in [6, 6.07) is 81.8. The Morgan fingerprint density at radius 3 is 1.26 bits per heavy atom. The molecular formula is C66H45NO. The summed E-state index contributed by atoms with van der Waals surface area (Å²) < 4.78 is 7.25. The maximum Gasteiger partial charge on any atom is 0.139 e. The molecule has 0 radical (unpaired) electrons. The van der Waals surface area contributed by atoms with Crippen LogP contribution >= 0.6 is 0 Å². The summed E-state index contributed by atoms with van der Waals surface area (Å²) in [5, 5.41) is 2.24. The Morgan fingerprint density at radius 1 is 0.309 bits per heavy atom. The predicted molar refractivity (Wildman–Crippen MR) is 280 cm³/mol. The molecule has 68 heavy (non-hydrogen) atoms. The normalized spacial score (nSPS) is 15.3. The minimum Gasteiger partial charge on any atom is -0.456 e. The molecule has 1 heterocycles. The largest absolute Gasteiger partial charge is 0.456 e. The van der Waals surface area contributed by atoms with Crippen molar-refractivity contribution >= 4 is 39.0 Å². The number of anilines is 3. The van der Waals surface area contributed by atoms with Gasteiger partial charge in [-0.2, -0.15) is 0 Å². The number of hydrogen-bond donors (Lipinski definition) is 0. The third kappa shape index (κ3) is 4.62. The van der Waals surface area contributed by atoms with Gasteiger partial charge in [-0.15, -0.1) is 0 Å². The lowest BCUT2D eigenvalue weighted by atomic mass is 9.70. The van der Waals surface area contributed by atoms with E-state index >= 15 is 0 Å². The zero-order valence-electron chi connectivity index (χ0n) is 38.1. The summed E-state index contributed by atoms with van der Waals surface area (Å²) in [6.07, 6.45) is 0. The first-order valence-corrected chi connectivity index (χ1v) is 24.0. The monoisotopic (exact) mass is 867 g/mol. The molecule has 2 heteroatoms. The first-order valence-electron chi connectivity index (χ1n) is 24.0. The minimum absolute atomic E-state index is 0.165. The molecule has 11 aromatic rings. The standard InChI is InChI=1S/C66H45NO/c1-64(2)53-24-10-4-17-43(53)49-34-31-40(37-60(49)64)67(41-32-35-50-48-22-9-15-29-58(48)66(61(50)38-41)56-27-13-7-20-46(56)47-21-8-14-28-57(47)66)42-33-36-51-52-23-16-30-59(63(52)68-62(51)39-42)65(3)54-25-11-5-18-44(54)45-19-6-12-26-55(45)65/h4-39H,1-3H3. The van der Waals surface area contributed by atoms with Gasteiger partial charge in [0.2, 0.25) is 0 Å². The highest BCUT2D eigenvalue weighted by atomic mass is 16.3. The molecule has 1 spiro atoms. The van der Waals surface area contributed by atoms with Crippen LogP contribution in [0.4, 0.5) is 17.1 Å². The van der Waals surface area contributed by atoms with E-state index in [-0.39, 0.29) is 10.8 Å². The van der Waals surface area contributed by atoms with Gasteiger partial charge < -0.3 is 9.32 Å². The van der Waals surface area contributed by atoms with Gasteiger partial charge in [-0.25, -0.2) is 0 Å². The predicted octanol–water partition coefficient (Wildman–Crippen LogP) is 17.0. The highest BCUT2D eigenvalue weighted by Gasteiger charge is 2.52. The number of benzene rings is 10. The van der Waals surface area contributed by atoms with Crippen LogP contribution in [0.25, 0.3) is 66.4 Å². The van der Waals surface area contributed by atoms with E-state index in [0.29, 0.717) is 0 Å². The van der Waals surface area contributed by atoms with Crippen molar-refractivity contribution in [2.75, 3.05) is 4.90 Å². The van der Waals surface area contributed by atoms with E-state index in [2.05, 4.69) is 244 Å². The molecule has 0 amide bonds. The zero-order valence-corrected chi connectivity index (χ0v) is 38.1. The molecule has 0 saturated heterocycles. The van der Waals surface area contributed by atoms with Gasteiger partial charge in [0.1, 0.15) is 11.2 Å². The lowest BCUT2D eigenvalue weighted by Gasteiger charge is -2.32. The molecule has 0 atom stereocenters. The average Bonchev–Trinajstić information content (AvgIpc) is 4.13. The van der Waals surface area contributed by atoms with Crippen molar-refractivity contribution in [2.24, 2.45) is 0 Å². The zero-order chi connectivity index (χ0) is 45.1. The van der Waals surface area contributed by atoms with Crippen molar-refractivity contribution in [1.29, 1.82) is 0 Å². The molecule has 0 saturated carbocycles. The van der Waals surface area contributed by atoms with Gasteiger partial charge in [0, 0.05) is 50.3 Å². The highest BCUT2D eigenvalue weighted by molar-refractivity contribution is 6.08. The number of para-hydroxylation sites is 1. The molecule has 10 aromatic carbocycles. The van der Waals surface area contributed by atoms with Crippen LogP contribution in [0, 0.1) is 0 Å². The summed E-state index contributed by atoms with van der Waals surface area (Å²) in [5.74, 6) is 0. The van der Waals surface area contributed by atoms with E-state index in [1.807, 2.05) is 0 Å². The lowest BCUT2D eigenvalue weighted by Crippen LogP contribution is -2.26. The van der Waals surface area contributed by atoms with Crippen molar-refractivity contribution < 1.29 is 4.42 Å². The van der Waals surface area contributed by atoms with Gasteiger partial charge >= 0.3 is 0 Å². The van der Waals surface area contributed by atoms with Crippen LogP contribution in [0.3, 0.4) is 0 Å². The molecule has 320 valence electrons. The van der Waals surface area contributed by atoms with Gasteiger partial charge in [-0.1, -0.05) is 190 Å². The first-order chi connectivity index (χ1) is 33.4. The second-order valence-electron chi connectivity index (χ2n) is 20.0. The average molecular weight is 868 g/mol. The van der Waals surface area contributed by atoms with E-state index in [1.165, 1.54) is 94.6 Å². The van der Waals surface area contributed by atoms with Crippen LogP contribution in [-0.2, 0) is 16.2 Å². The van der Waals surface area contributed by atoms with Crippen LogP contribution in [0.15, 0.2) is 223 Å². The van der Waals surface area contributed by atoms with Gasteiger partial charge in [0.25, 0.3) is 0 Å². The summed E-state index contributed by atoms with van der Waals surface area (Å²) in [6.45, 7) is 7.12. The third-order valence-corrected chi connectivity index (χ3v) is 16.6. The maximum atomic E-state index is 7.25. The van der Waals surface area contributed by atoms with E-state index in [9.17, 15) is 0 Å². The van der Waals surface area contributed by atoms with Crippen molar-refractivity contribution in [2.45, 2.75) is 37.0 Å². The number of fused-ring (bicyclic) bond motifs is 19. The molecule has 2 nitrogen and oxygen atoms in total. The quantitative estimate of drug-likeness (QED) is 0.175. The minimum atomic E-state index is -0.463. The maximum absolute atomic E-state index is 7.25. The van der Waals surface area contributed by atoms with E-state index in [4.69, 9.17) is 4.42 Å². The van der Waals surface area contributed by atoms with Crippen molar-refractivity contribution in [3.05, 3.63) is 268 Å². The van der Waals surface area contributed by atoms with Crippen LogP contribution in [-0.4, -0.2) is 0 Å². The Morgan fingerprint density at radius 2 is 0.706 bits per heavy atom. The van der Waals surface area contributed by atoms with Crippen LogP contribution in [0.2, 0.25) is 0 Å². The van der Waals surface area contributed by atoms with E-state index in [1.54, 1.807) is 0 Å². The molecule has 0 aliphatic heterocycles. The number of furan rings is 1. The highest BCUT2D eigenvalue weighted by Crippen LogP contribution is 2.64. The molecule has 0 fully saturated rings. The summed E-state index contributed by atoms with van der Waals surface area (Å²) in [5.41, 5.74) is 26.3. The van der Waals surface area contributed by atoms with Crippen LogP contribution in [0.5, 0.6) is 0 Å². The molecule has 0 bridgehead atoms. The Balaban J connectivity index is 0.966. The number of hydrogen-bond acceptors (Lipinski definition) is 2. The molecule has 0 N–H and O–H groups in total. The fourth-order valence-corrected chi connectivity index (χ4v) is 13.6. The van der Waals surface area contributed by atoms with Crippen LogP contribution in [0.1, 0.15) is 70.8 Å². The Labute approximate surface area is 396 Å². The second kappa shape index (κ2) is 13.2. The smallest absolute Gasteiger partial charge is 0.139 e. The first kappa shape index (κ1) is 38.0.